The van der Waals surface area contributed by atoms with Crippen LogP contribution in [0.2, 0.25) is 0 Å². The Morgan fingerprint density at radius 3 is 3.15 bits per heavy atom. The fourth-order valence-electron chi connectivity index (χ4n) is 1.30. The number of rotatable bonds is 2. The third-order valence-corrected chi connectivity index (χ3v) is 2.05. The van der Waals surface area contributed by atoms with Crippen LogP contribution < -0.4 is 0 Å². The zero-order chi connectivity index (χ0) is 9.68. The van der Waals surface area contributed by atoms with Gasteiger partial charge in [-0.25, -0.2) is 4.79 Å². The summed E-state index contributed by atoms with van der Waals surface area (Å²) in [6.45, 7) is 1.88. The molecule has 0 bridgehead atoms. The fraction of sp³-hybridized carbons (Fsp3) is 0.556. The van der Waals surface area contributed by atoms with E-state index < -0.39 is 5.97 Å². The maximum absolute atomic E-state index is 11.1. The van der Waals surface area contributed by atoms with Crippen molar-refractivity contribution in [1.82, 2.24) is 4.90 Å². The van der Waals surface area contributed by atoms with Crippen LogP contribution in [0.1, 0.15) is 12.8 Å². The Hall–Kier alpha value is -1.16. The molecule has 72 valence electrons. The van der Waals surface area contributed by atoms with Gasteiger partial charge in [0, 0.05) is 12.1 Å². The van der Waals surface area contributed by atoms with E-state index >= 15 is 0 Å². The molecule has 1 aliphatic rings. The van der Waals surface area contributed by atoms with Crippen LogP contribution in [0.25, 0.3) is 0 Å². The summed E-state index contributed by atoms with van der Waals surface area (Å²) < 4.78 is 4.27. The second kappa shape index (κ2) is 4.77. The van der Waals surface area contributed by atoms with Gasteiger partial charge in [0.05, 0.1) is 0 Å². The van der Waals surface area contributed by atoms with E-state index in [0.29, 0.717) is 12.0 Å². The number of esters is 1. The molecule has 0 aliphatic carbocycles. The Morgan fingerprint density at radius 2 is 2.46 bits per heavy atom. The summed E-state index contributed by atoms with van der Waals surface area (Å²) in [5.74, 6) is -0.509. The molecule has 4 nitrogen and oxygen atoms in total. The first kappa shape index (κ1) is 9.92. The maximum atomic E-state index is 11.1. The van der Waals surface area contributed by atoms with Crippen molar-refractivity contribution >= 4 is 12.4 Å². The summed E-state index contributed by atoms with van der Waals surface area (Å²) in [5.41, 5.74) is 0.608. The number of hydrogen-bond acceptors (Lipinski definition) is 4. The lowest BCUT2D eigenvalue weighted by atomic mass is 10.1. The van der Waals surface area contributed by atoms with Gasteiger partial charge in [0.2, 0.25) is 0 Å². The van der Waals surface area contributed by atoms with E-state index in [-0.39, 0.29) is 6.47 Å². The van der Waals surface area contributed by atoms with Crippen molar-refractivity contribution in [3.8, 4) is 0 Å². The first-order valence-electron chi connectivity index (χ1n) is 4.26. The van der Waals surface area contributed by atoms with E-state index in [1.807, 2.05) is 13.1 Å². The molecule has 0 amide bonds. The molecule has 0 saturated carbocycles. The van der Waals surface area contributed by atoms with Gasteiger partial charge in [-0.3, -0.25) is 4.79 Å². The van der Waals surface area contributed by atoms with Crippen molar-refractivity contribution in [2.24, 2.45) is 0 Å². The van der Waals surface area contributed by atoms with E-state index in [0.717, 1.165) is 19.5 Å². The predicted octanol–water partition coefficient (Wildman–Crippen LogP) is 0.338. The molecule has 0 saturated heterocycles. The van der Waals surface area contributed by atoms with Crippen molar-refractivity contribution in [2.75, 3.05) is 20.1 Å². The average Bonchev–Trinajstić information content (AvgIpc) is 2.30. The van der Waals surface area contributed by atoms with Crippen molar-refractivity contribution in [3.05, 3.63) is 11.6 Å². The average molecular weight is 183 g/mol. The van der Waals surface area contributed by atoms with Crippen LogP contribution in [0.3, 0.4) is 0 Å². The molecule has 13 heavy (non-hydrogen) atoms. The van der Waals surface area contributed by atoms with Crippen molar-refractivity contribution in [1.29, 1.82) is 0 Å². The monoisotopic (exact) mass is 183 g/mol. The minimum Gasteiger partial charge on any atom is -0.392 e. The van der Waals surface area contributed by atoms with Crippen molar-refractivity contribution < 1.29 is 14.3 Å². The van der Waals surface area contributed by atoms with Gasteiger partial charge in [0.1, 0.15) is 0 Å². The van der Waals surface area contributed by atoms with Crippen LogP contribution in [0, 0.1) is 0 Å². The summed E-state index contributed by atoms with van der Waals surface area (Å²) in [6.07, 6.45) is 3.44. The van der Waals surface area contributed by atoms with Crippen molar-refractivity contribution in [3.63, 3.8) is 0 Å². The van der Waals surface area contributed by atoms with Crippen LogP contribution in [-0.2, 0) is 14.3 Å². The topological polar surface area (TPSA) is 46.6 Å². The molecular formula is C9H13NO3. The highest BCUT2D eigenvalue weighted by Crippen LogP contribution is 2.11. The van der Waals surface area contributed by atoms with Gasteiger partial charge in [-0.05, 0) is 26.4 Å². The number of carbonyl (C=O) groups excluding carboxylic acids is 2. The first-order chi connectivity index (χ1) is 6.24. The molecule has 0 spiro atoms. The maximum Gasteiger partial charge on any atom is 0.341 e. The number of carbonyl (C=O) groups is 2. The standard InChI is InChI=1S/C9H13NO3/c1-10-5-2-3-8(4-6-10)9(12)13-7-11/h4,7H,2-3,5-6H2,1H3. The van der Waals surface area contributed by atoms with Gasteiger partial charge < -0.3 is 9.64 Å². The minimum absolute atomic E-state index is 0.178. The van der Waals surface area contributed by atoms with Gasteiger partial charge >= 0.3 is 12.4 Å². The highest BCUT2D eigenvalue weighted by molar-refractivity contribution is 5.92. The number of ether oxygens (including phenoxy) is 1. The summed E-state index contributed by atoms with van der Waals surface area (Å²) in [6, 6.07) is 0. The molecular weight excluding hydrogens is 170 g/mol. The Morgan fingerprint density at radius 1 is 1.69 bits per heavy atom. The van der Waals surface area contributed by atoms with E-state index in [1.165, 1.54) is 0 Å². The lowest BCUT2D eigenvalue weighted by Gasteiger charge is -2.09. The SMILES string of the molecule is CN1CC=C(C(=O)OC=O)CCC1. The van der Waals surface area contributed by atoms with E-state index in [4.69, 9.17) is 0 Å². The second-order valence-electron chi connectivity index (χ2n) is 3.10. The molecule has 0 aromatic rings. The summed E-state index contributed by atoms with van der Waals surface area (Å²) in [7, 11) is 1.99. The molecule has 0 fully saturated rings. The largest absolute Gasteiger partial charge is 0.392 e. The van der Waals surface area contributed by atoms with Gasteiger partial charge in [-0.2, -0.15) is 0 Å². The highest BCUT2D eigenvalue weighted by Gasteiger charge is 2.13. The van der Waals surface area contributed by atoms with E-state index in [1.54, 1.807) is 0 Å². The van der Waals surface area contributed by atoms with Crippen LogP contribution in [0.5, 0.6) is 0 Å². The smallest absolute Gasteiger partial charge is 0.341 e. The van der Waals surface area contributed by atoms with Crippen LogP contribution in [-0.4, -0.2) is 37.5 Å². The van der Waals surface area contributed by atoms with Crippen LogP contribution >= 0.6 is 0 Å². The molecule has 1 aliphatic heterocycles. The molecule has 0 aromatic heterocycles. The number of hydrogen-bond donors (Lipinski definition) is 0. The van der Waals surface area contributed by atoms with Crippen molar-refractivity contribution in [2.45, 2.75) is 12.8 Å². The Bertz CT molecular complexity index is 235. The summed E-state index contributed by atoms with van der Waals surface area (Å²) in [4.78, 5) is 23.2. The van der Waals surface area contributed by atoms with Gasteiger partial charge in [-0.1, -0.05) is 6.08 Å². The molecule has 0 radical (unpaired) electrons. The molecule has 1 rings (SSSR count). The zero-order valence-electron chi connectivity index (χ0n) is 7.66. The predicted molar refractivity (Wildman–Crippen MR) is 47.0 cm³/mol. The number of nitrogens with zero attached hydrogens (tertiary/aromatic N) is 1. The molecule has 0 aromatic carbocycles. The highest BCUT2D eigenvalue weighted by atomic mass is 16.6. The molecule has 0 N–H and O–H groups in total. The van der Waals surface area contributed by atoms with Gasteiger partial charge in [0.15, 0.2) is 0 Å². The Labute approximate surface area is 77.2 Å². The van der Waals surface area contributed by atoms with Gasteiger partial charge in [0.25, 0.3) is 0 Å². The van der Waals surface area contributed by atoms with E-state index in [9.17, 15) is 9.59 Å². The normalized spacial score (nSPS) is 18.7. The lowest BCUT2D eigenvalue weighted by molar-refractivity contribution is -0.148. The molecule has 1 heterocycles. The summed E-state index contributed by atoms with van der Waals surface area (Å²) >= 11 is 0. The molecule has 0 unspecified atom stereocenters. The lowest BCUT2D eigenvalue weighted by Crippen LogP contribution is -2.17. The minimum atomic E-state index is -0.509. The quantitative estimate of drug-likeness (QED) is 0.352. The molecule has 0 atom stereocenters. The van der Waals surface area contributed by atoms with Gasteiger partial charge in [-0.15, -0.1) is 0 Å². The first-order valence-corrected chi connectivity index (χ1v) is 4.26. The summed E-state index contributed by atoms with van der Waals surface area (Å²) in [5, 5.41) is 0. The second-order valence-corrected chi connectivity index (χ2v) is 3.10. The third kappa shape index (κ3) is 2.99. The fourth-order valence-corrected chi connectivity index (χ4v) is 1.30. The third-order valence-electron chi connectivity index (χ3n) is 2.05. The zero-order valence-corrected chi connectivity index (χ0v) is 7.66. The molecule has 4 heteroatoms. The van der Waals surface area contributed by atoms with E-state index in [2.05, 4.69) is 9.64 Å². The Balaban J connectivity index is 2.57. The number of likely N-dealkylation sites (N-methyl/N-ethyl adjacent to an activating group) is 1. The Kier molecular flexibility index (Phi) is 3.64. The van der Waals surface area contributed by atoms with Crippen LogP contribution in [0.4, 0.5) is 0 Å². The van der Waals surface area contributed by atoms with Crippen LogP contribution in [0.15, 0.2) is 11.6 Å².